The fraction of sp³-hybridized carbons (Fsp3) is 1.00. The molecule has 0 bridgehead atoms. The van der Waals surface area contributed by atoms with E-state index in [0.717, 1.165) is 0 Å². The molecule has 0 saturated carbocycles. The van der Waals surface area contributed by atoms with Crippen LogP contribution in [0, 0.1) is 0 Å². The first-order chi connectivity index (χ1) is 2.41. The van der Waals surface area contributed by atoms with Crippen molar-refractivity contribution in [1.82, 2.24) is 0 Å². The molecular formula is C4H9Al+2. The van der Waals surface area contributed by atoms with Crippen LogP contribution in [0.5, 0.6) is 0 Å². The van der Waals surface area contributed by atoms with E-state index in [1.54, 1.807) is 0 Å². The summed E-state index contributed by atoms with van der Waals surface area (Å²) in [6.45, 7) is 2.20. The summed E-state index contributed by atoms with van der Waals surface area (Å²) < 4.78 is 0. The molecule has 5 heavy (non-hydrogen) atoms. The Morgan fingerprint density at radius 1 is 1.60 bits per heavy atom. The molecule has 0 rings (SSSR count). The van der Waals surface area contributed by atoms with Gasteiger partial charge < -0.3 is 0 Å². The summed E-state index contributed by atoms with van der Waals surface area (Å²) in [6, 6.07) is 0. The molecule has 0 saturated heterocycles. The molecule has 0 aliphatic carbocycles. The van der Waals surface area contributed by atoms with Crippen molar-refractivity contribution in [3.05, 3.63) is 0 Å². The van der Waals surface area contributed by atoms with Gasteiger partial charge in [0.2, 0.25) is 0 Å². The second-order valence-electron chi connectivity index (χ2n) is 1.14. The van der Waals surface area contributed by atoms with Gasteiger partial charge in [-0.3, -0.25) is 0 Å². The molecule has 0 N–H and O–H groups in total. The minimum absolute atomic E-state index is 1.26. The van der Waals surface area contributed by atoms with E-state index in [1.807, 2.05) is 0 Å². The average molecular weight is 84.1 g/mol. The first kappa shape index (κ1) is 5.53. The fourth-order valence-electron chi connectivity index (χ4n) is 0.204. The van der Waals surface area contributed by atoms with Crippen LogP contribution < -0.4 is 0 Å². The van der Waals surface area contributed by atoms with Gasteiger partial charge in [-0.25, -0.2) is 0 Å². The van der Waals surface area contributed by atoms with Crippen molar-refractivity contribution in [3.8, 4) is 0 Å². The first-order valence-electron chi connectivity index (χ1n) is 2.12. The Kier molecular flexibility index (Phi) is 5.02. The third kappa shape index (κ3) is 4.53. The average Bonchev–Trinajstić information content (AvgIpc) is 1.41. The van der Waals surface area contributed by atoms with Crippen LogP contribution in [-0.2, 0) is 0 Å². The normalized spacial score (nSPS) is 8.60. The number of unbranched alkanes of at least 4 members (excludes halogenated alkanes) is 1. The molecule has 0 fully saturated rings. The molecule has 0 aliphatic rings. The minimum atomic E-state index is 1.26. The molecule has 0 heterocycles. The van der Waals surface area contributed by atoms with Crippen molar-refractivity contribution in [2.75, 3.05) is 0 Å². The van der Waals surface area contributed by atoms with Crippen molar-refractivity contribution >= 4 is 16.3 Å². The van der Waals surface area contributed by atoms with Crippen LogP contribution in [0.3, 0.4) is 0 Å². The van der Waals surface area contributed by atoms with E-state index in [0.29, 0.717) is 0 Å². The van der Waals surface area contributed by atoms with E-state index in [-0.39, 0.29) is 0 Å². The van der Waals surface area contributed by atoms with Crippen LogP contribution in [0.1, 0.15) is 19.8 Å². The van der Waals surface area contributed by atoms with Gasteiger partial charge in [0, 0.05) is 0 Å². The van der Waals surface area contributed by atoms with Crippen molar-refractivity contribution in [1.29, 1.82) is 0 Å². The van der Waals surface area contributed by atoms with Gasteiger partial charge in [0.1, 0.15) is 0 Å². The second kappa shape index (κ2) is 4.53. The molecule has 1 heteroatoms. The summed E-state index contributed by atoms with van der Waals surface area (Å²) in [5, 5.41) is 1.26. The standard InChI is InChI=1S/C4H9.Al/c1-3-4-2;/h1,3-4H2,2H3;/q;+2. The van der Waals surface area contributed by atoms with Crippen LogP contribution in [0.25, 0.3) is 0 Å². The molecular weight excluding hydrogens is 75.0 g/mol. The van der Waals surface area contributed by atoms with E-state index in [2.05, 4.69) is 23.2 Å². The van der Waals surface area contributed by atoms with Gasteiger partial charge in [0.25, 0.3) is 0 Å². The maximum absolute atomic E-state index is 2.70. The molecule has 0 aliphatic heterocycles. The van der Waals surface area contributed by atoms with Crippen molar-refractivity contribution in [3.63, 3.8) is 0 Å². The van der Waals surface area contributed by atoms with Crippen LogP contribution in [0.4, 0.5) is 0 Å². The van der Waals surface area contributed by atoms with Gasteiger partial charge in [0.05, 0.1) is 0 Å². The molecule has 0 atom stereocenters. The quantitative estimate of drug-likeness (QED) is 0.443. The zero-order chi connectivity index (χ0) is 4.12. The first-order valence-corrected chi connectivity index (χ1v) is 2.93. The van der Waals surface area contributed by atoms with Gasteiger partial charge in [-0.15, -0.1) is 0 Å². The van der Waals surface area contributed by atoms with E-state index >= 15 is 0 Å². The Morgan fingerprint density at radius 3 is 2.20 bits per heavy atom. The van der Waals surface area contributed by atoms with Crippen LogP contribution in [-0.4, -0.2) is 16.3 Å². The predicted molar refractivity (Wildman–Crippen MR) is 25.5 cm³/mol. The predicted octanol–water partition coefficient (Wildman–Crippen LogP) is 1.37. The van der Waals surface area contributed by atoms with Crippen molar-refractivity contribution in [2.45, 2.75) is 25.0 Å². The van der Waals surface area contributed by atoms with Gasteiger partial charge in [0.15, 0.2) is 0 Å². The van der Waals surface area contributed by atoms with Crippen molar-refractivity contribution < 1.29 is 0 Å². The Morgan fingerprint density at radius 2 is 2.20 bits per heavy atom. The van der Waals surface area contributed by atoms with Crippen molar-refractivity contribution in [2.24, 2.45) is 0 Å². The molecule has 26 valence electrons. The Hall–Kier alpha value is 0.532. The summed E-state index contributed by atoms with van der Waals surface area (Å²) in [4.78, 5) is 0. The molecule has 0 amide bonds. The summed E-state index contributed by atoms with van der Waals surface area (Å²) in [5.74, 6) is 0. The number of hydrogen-bond donors (Lipinski definition) is 0. The molecule has 0 spiro atoms. The second-order valence-corrected chi connectivity index (χ2v) is 1.72. The zero-order valence-electron chi connectivity index (χ0n) is 3.70. The summed E-state index contributed by atoms with van der Waals surface area (Å²) >= 11 is 2.70. The van der Waals surface area contributed by atoms with Gasteiger partial charge in [-0.1, -0.05) is 0 Å². The van der Waals surface area contributed by atoms with Crippen LogP contribution >= 0.6 is 0 Å². The van der Waals surface area contributed by atoms with Gasteiger partial charge >= 0.3 is 41.3 Å². The monoisotopic (exact) mass is 84.1 g/mol. The van der Waals surface area contributed by atoms with Crippen LogP contribution in [0.2, 0.25) is 5.28 Å². The summed E-state index contributed by atoms with van der Waals surface area (Å²) in [5.41, 5.74) is 0. The molecule has 0 aromatic rings. The third-order valence-electron chi connectivity index (χ3n) is 0.558. The Balaban J connectivity index is 2.19. The molecule has 0 radical (unpaired) electrons. The van der Waals surface area contributed by atoms with Gasteiger partial charge in [-0.05, 0) is 0 Å². The zero-order valence-corrected chi connectivity index (χ0v) is 4.85. The fourth-order valence-corrected chi connectivity index (χ4v) is 0.612. The molecule has 0 nitrogen and oxygen atoms in total. The molecule has 0 unspecified atom stereocenters. The topological polar surface area (TPSA) is 0 Å². The third-order valence-corrected chi connectivity index (χ3v) is 0.966. The molecule has 0 aromatic carbocycles. The van der Waals surface area contributed by atoms with Crippen LogP contribution in [0.15, 0.2) is 0 Å². The Bertz CT molecular complexity index is 11.1. The number of rotatable bonds is 2. The SMILES string of the molecule is CCC[CH2][Al+2]. The Labute approximate surface area is 42.0 Å². The summed E-state index contributed by atoms with van der Waals surface area (Å²) in [7, 11) is 0. The number of hydrogen-bond acceptors (Lipinski definition) is 0. The van der Waals surface area contributed by atoms with E-state index in [1.165, 1.54) is 18.1 Å². The van der Waals surface area contributed by atoms with E-state index < -0.39 is 0 Å². The summed E-state index contributed by atoms with van der Waals surface area (Å²) in [6.07, 6.45) is 2.67. The van der Waals surface area contributed by atoms with E-state index in [9.17, 15) is 0 Å². The van der Waals surface area contributed by atoms with Gasteiger partial charge in [-0.2, -0.15) is 0 Å². The van der Waals surface area contributed by atoms with E-state index in [4.69, 9.17) is 0 Å². The maximum atomic E-state index is 2.70. The molecule has 0 aromatic heterocycles.